The first kappa shape index (κ1) is 41.0. The minimum Gasteiger partial charge on any atom is -0.494 e. The molecule has 0 aliphatic heterocycles. The van der Waals surface area contributed by atoms with E-state index in [9.17, 15) is 10.1 Å². The SMILES string of the molecule is CCOP(=S)(OCC)Oc1cc(C)nc(C(C)C)n1.CCOc1ccc(C2(C(=O)OC(C#N)c3cccc(Oc4ccccc4)c3)CC2(Cl)Cl)cc1. The average Bonchev–Trinajstić information content (AvgIpc) is 3.71. The van der Waals surface area contributed by atoms with E-state index in [1.54, 1.807) is 54.6 Å². The predicted octanol–water partition coefficient (Wildman–Crippen LogP) is 10.1. The number of alkyl halides is 2. The van der Waals surface area contributed by atoms with Gasteiger partial charge in [0, 0.05) is 41.5 Å². The van der Waals surface area contributed by atoms with Crippen LogP contribution in [0.4, 0.5) is 0 Å². The summed E-state index contributed by atoms with van der Waals surface area (Å²) in [7, 11) is 0. The van der Waals surface area contributed by atoms with Gasteiger partial charge in [0.15, 0.2) is 0 Å². The molecule has 0 spiro atoms. The third kappa shape index (κ3) is 10.4. The molecule has 5 rings (SSSR count). The lowest BCUT2D eigenvalue weighted by atomic mass is 9.95. The molecular formula is C38H42Cl2N3O7PS. The van der Waals surface area contributed by atoms with Gasteiger partial charge in [0.05, 0.1) is 19.8 Å². The Balaban J connectivity index is 0.000000272. The molecular weight excluding hydrogens is 744 g/mol. The van der Waals surface area contributed by atoms with Gasteiger partial charge in [-0.3, -0.25) is 13.8 Å². The van der Waals surface area contributed by atoms with E-state index in [2.05, 4.69) is 9.97 Å². The molecule has 0 N–H and O–H groups in total. The van der Waals surface area contributed by atoms with Crippen LogP contribution in [0.15, 0.2) is 84.9 Å². The van der Waals surface area contributed by atoms with Crippen LogP contribution in [0.5, 0.6) is 23.1 Å². The van der Waals surface area contributed by atoms with Crippen molar-refractivity contribution in [3.8, 4) is 29.2 Å². The van der Waals surface area contributed by atoms with Gasteiger partial charge >= 0.3 is 12.7 Å². The van der Waals surface area contributed by atoms with Gasteiger partial charge in [0.25, 0.3) is 0 Å². The monoisotopic (exact) mass is 785 g/mol. The molecule has 1 aliphatic carbocycles. The molecule has 14 heteroatoms. The third-order valence-electron chi connectivity index (χ3n) is 7.62. The van der Waals surface area contributed by atoms with Gasteiger partial charge in [-0.15, -0.1) is 0 Å². The number of nitriles is 1. The molecule has 2 atom stereocenters. The van der Waals surface area contributed by atoms with Crippen LogP contribution in [0.3, 0.4) is 0 Å². The highest BCUT2D eigenvalue weighted by Gasteiger charge is 2.73. The first-order chi connectivity index (χ1) is 24.8. The van der Waals surface area contributed by atoms with E-state index >= 15 is 0 Å². The van der Waals surface area contributed by atoms with E-state index < -0.39 is 28.5 Å². The molecule has 1 saturated carbocycles. The number of benzene rings is 3. The zero-order valence-electron chi connectivity index (χ0n) is 29.9. The van der Waals surface area contributed by atoms with Crippen LogP contribution in [0.25, 0.3) is 0 Å². The van der Waals surface area contributed by atoms with E-state index in [1.807, 2.05) is 77.9 Å². The molecule has 10 nitrogen and oxygen atoms in total. The fourth-order valence-electron chi connectivity index (χ4n) is 5.07. The zero-order chi connectivity index (χ0) is 37.9. The van der Waals surface area contributed by atoms with Gasteiger partial charge in [-0.2, -0.15) is 10.2 Å². The lowest BCUT2D eigenvalue weighted by molar-refractivity contribution is -0.150. The molecule has 1 heterocycles. The first-order valence-corrected chi connectivity index (χ1v) is 20.1. The van der Waals surface area contributed by atoms with Gasteiger partial charge in [0.2, 0.25) is 12.0 Å². The molecule has 1 aromatic heterocycles. The maximum absolute atomic E-state index is 13.3. The smallest absolute Gasteiger partial charge is 0.381 e. The lowest BCUT2D eigenvalue weighted by Crippen LogP contribution is -2.30. The van der Waals surface area contributed by atoms with Crippen molar-refractivity contribution >= 4 is 47.7 Å². The van der Waals surface area contributed by atoms with Crippen LogP contribution < -0.4 is 14.0 Å². The van der Waals surface area contributed by atoms with Gasteiger partial charge in [-0.05, 0) is 69.7 Å². The Labute approximate surface area is 320 Å². The van der Waals surface area contributed by atoms with Crippen LogP contribution >= 0.6 is 29.9 Å². The standard InChI is InChI=1S/C26H21Cl2NO4.C12H21N2O3PS/c1-2-31-20-13-11-19(12-14-20)25(17-26(25,27)28)24(30)33-23(16-29)18-7-6-10-22(15-18)32-21-8-4-3-5-9-21;1-6-15-18(19,16-7-2)17-11-8-10(5)13-12(14-11)9(3)4/h3-15,23H,2,17H2,1H3;8-9H,6-7H2,1-5H3. The Bertz CT molecular complexity index is 1880. The summed E-state index contributed by atoms with van der Waals surface area (Å²) in [5, 5.41) is 9.74. The highest BCUT2D eigenvalue weighted by atomic mass is 35.5. The number of esters is 1. The summed E-state index contributed by atoms with van der Waals surface area (Å²) >= 11 is 18.1. The number of para-hydroxylation sites is 1. The Morgan fingerprint density at radius 2 is 1.54 bits per heavy atom. The van der Waals surface area contributed by atoms with E-state index in [0.717, 1.165) is 11.5 Å². The number of hydrogen-bond donors (Lipinski definition) is 0. The number of rotatable bonds is 15. The van der Waals surface area contributed by atoms with Gasteiger partial charge in [-0.1, -0.05) is 79.5 Å². The summed E-state index contributed by atoms with van der Waals surface area (Å²) in [5.41, 5.74) is 0.673. The van der Waals surface area contributed by atoms with Crippen LogP contribution in [-0.4, -0.2) is 40.1 Å². The van der Waals surface area contributed by atoms with E-state index in [4.69, 9.17) is 62.8 Å². The first-order valence-electron chi connectivity index (χ1n) is 16.8. The maximum Gasteiger partial charge on any atom is 0.381 e. The Kier molecular flexibility index (Phi) is 14.5. The molecule has 0 radical (unpaired) electrons. The summed E-state index contributed by atoms with van der Waals surface area (Å²) in [6.07, 6.45) is -0.966. The van der Waals surface area contributed by atoms with E-state index in [-0.39, 0.29) is 12.3 Å². The van der Waals surface area contributed by atoms with E-state index in [0.29, 0.717) is 54.1 Å². The summed E-state index contributed by atoms with van der Waals surface area (Å²) in [5.74, 6) is 2.56. The zero-order valence-corrected chi connectivity index (χ0v) is 33.1. The second kappa shape index (κ2) is 18.3. The van der Waals surface area contributed by atoms with Crippen LogP contribution in [0.1, 0.15) is 75.7 Å². The Hall–Kier alpha value is -3.75. The van der Waals surface area contributed by atoms with Crippen LogP contribution in [0, 0.1) is 18.3 Å². The molecule has 1 fully saturated rings. The number of ether oxygens (including phenoxy) is 3. The predicted molar refractivity (Wildman–Crippen MR) is 205 cm³/mol. The highest BCUT2D eigenvalue weighted by Crippen LogP contribution is 2.65. The molecule has 52 heavy (non-hydrogen) atoms. The average molecular weight is 787 g/mol. The van der Waals surface area contributed by atoms with Gasteiger partial charge in [0.1, 0.15) is 38.9 Å². The molecule has 0 bridgehead atoms. The van der Waals surface area contributed by atoms with Crippen molar-refractivity contribution in [2.45, 2.75) is 69.7 Å². The number of nitrogens with zero attached hydrogens (tertiary/aromatic N) is 3. The normalized spacial score (nSPS) is 16.5. The number of hydrogen-bond acceptors (Lipinski definition) is 11. The third-order valence-corrected chi connectivity index (χ3v) is 10.9. The molecule has 276 valence electrons. The number of carbonyl (C=O) groups is 1. The number of halogens is 2. The van der Waals surface area contributed by atoms with Crippen molar-refractivity contribution in [2.75, 3.05) is 19.8 Å². The minimum absolute atomic E-state index is 0.186. The van der Waals surface area contributed by atoms with Crippen molar-refractivity contribution < 1.29 is 32.6 Å². The molecule has 3 aromatic carbocycles. The van der Waals surface area contributed by atoms with Crippen molar-refractivity contribution in [3.05, 3.63) is 108 Å². The number of aryl methyl sites for hydroxylation is 1. The summed E-state index contributed by atoms with van der Waals surface area (Å²) in [6.45, 7) is 10.2. The highest BCUT2D eigenvalue weighted by molar-refractivity contribution is 8.07. The summed E-state index contributed by atoms with van der Waals surface area (Å²) in [4.78, 5) is 22.0. The van der Waals surface area contributed by atoms with Crippen LogP contribution in [0.2, 0.25) is 0 Å². The van der Waals surface area contributed by atoms with Gasteiger partial charge in [-0.25, -0.2) is 4.98 Å². The van der Waals surface area contributed by atoms with Crippen molar-refractivity contribution in [1.29, 1.82) is 5.26 Å². The van der Waals surface area contributed by atoms with Crippen molar-refractivity contribution in [2.24, 2.45) is 0 Å². The number of aromatic nitrogens is 2. The van der Waals surface area contributed by atoms with Crippen LogP contribution in [-0.2, 0) is 35.8 Å². The van der Waals surface area contributed by atoms with Gasteiger partial charge < -0.3 is 18.7 Å². The maximum atomic E-state index is 13.3. The fourth-order valence-corrected chi connectivity index (χ4v) is 7.84. The van der Waals surface area contributed by atoms with E-state index in [1.165, 1.54) is 0 Å². The molecule has 2 unspecified atom stereocenters. The second-order valence-electron chi connectivity index (χ2n) is 11.9. The van der Waals surface area contributed by atoms with Crippen molar-refractivity contribution in [3.63, 3.8) is 0 Å². The molecule has 4 aromatic rings. The topological polar surface area (TPSA) is 122 Å². The molecule has 0 amide bonds. The quantitative estimate of drug-likeness (QED) is 0.0650. The lowest BCUT2D eigenvalue weighted by Gasteiger charge is -2.20. The molecule has 1 aliphatic rings. The fraction of sp³-hybridized carbons (Fsp3) is 0.368. The summed E-state index contributed by atoms with van der Waals surface area (Å²) < 4.78 is 32.2. The number of carbonyl (C=O) groups excluding carboxylic acids is 1. The Morgan fingerprint density at radius 1 is 0.904 bits per heavy atom. The molecule has 0 saturated heterocycles. The largest absolute Gasteiger partial charge is 0.494 e. The second-order valence-corrected chi connectivity index (χ2v) is 16.3. The summed E-state index contributed by atoms with van der Waals surface area (Å²) in [6, 6.07) is 26.9. The van der Waals surface area contributed by atoms with Crippen molar-refractivity contribution in [1.82, 2.24) is 9.97 Å². The minimum atomic E-state index is -2.77. The Morgan fingerprint density at radius 3 is 2.10 bits per heavy atom.